The van der Waals surface area contributed by atoms with E-state index in [-0.39, 0.29) is 17.8 Å². The van der Waals surface area contributed by atoms with E-state index in [2.05, 4.69) is 30.7 Å². The summed E-state index contributed by atoms with van der Waals surface area (Å²) in [4.78, 5) is 21.5. The van der Waals surface area contributed by atoms with E-state index in [1.807, 2.05) is 36.2 Å². The molecule has 33 heavy (non-hydrogen) atoms. The van der Waals surface area contributed by atoms with Gasteiger partial charge in [-0.15, -0.1) is 0 Å². The maximum absolute atomic E-state index is 15.0. The number of carbonyl (C=O) groups excluding carboxylic acids is 1. The van der Waals surface area contributed by atoms with Crippen LogP contribution in [0.25, 0.3) is 11.1 Å². The van der Waals surface area contributed by atoms with Crippen molar-refractivity contribution in [2.75, 3.05) is 33.4 Å². The fourth-order valence-electron chi connectivity index (χ4n) is 4.61. The molecule has 2 unspecified atom stereocenters. The van der Waals surface area contributed by atoms with E-state index in [4.69, 9.17) is 4.74 Å². The van der Waals surface area contributed by atoms with E-state index >= 15 is 0 Å². The highest BCUT2D eigenvalue weighted by Crippen LogP contribution is 2.25. The second kappa shape index (κ2) is 12.2. The first-order chi connectivity index (χ1) is 15.9. The molecule has 0 N–H and O–H groups in total. The Balaban J connectivity index is 1.68. The lowest BCUT2D eigenvalue weighted by Crippen LogP contribution is -2.40. The Morgan fingerprint density at radius 1 is 1.24 bits per heavy atom. The summed E-state index contributed by atoms with van der Waals surface area (Å²) in [6, 6.07) is 9.32. The summed E-state index contributed by atoms with van der Waals surface area (Å²) in [5, 5.41) is 0. The molecule has 1 aromatic carbocycles. The van der Waals surface area contributed by atoms with Crippen LogP contribution >= 0.6 is 0 Å². The molecule has 6 heteroatoms. The fraction of sp³-hybridized carbons (Fsp3) is 0.556. The molecule has 0 spiro atoms. The summed E-state index contributed by atoms with van der Waals surface area (Å²) < 4.78 is 20.3. The van der Waals surface area contributed by atoms with Crippen LogP contribution in [0.15, 0.2) is 36.5 Å². The number of carbonyl (C=O) groups is 1. The molecule has 2 aromatic rings. The number of aromatic nitrogens is 1. The van der Waals surface area contributed by atoms with Crippen LogP contribution in [-0.2, 0) is 22.5 Å². The van der Waals surface area contributed by atoms with E-state index in [9.17, 15) is 9.18 Å². The second-order valence-electron chi connectivity index (χ2n) is 9.12. The van der Waals surface area contributed by atoms with Crippen LogP contribution in [0.4, 0.5) is 4.39 Å². The molecule has 180 valence electrons. The van der Waals surface area contributed by atoms with Gasteiger partial charge >= 0.3 is 0 Å². The number of ether oxygens (including phenoxy) is 1. The zero-order valence-corrected chi connectivity index (χ0v) is 20.5. The SMILES string of the molecule is CCCC(CC)C(C)N(C)C(=O)Cc1cccc(-c2cnc(CN3CCOCC3)cc2F)c1. The Morgan fingerprint density at radius 3 is 2.67 bits per heavy atom. The summed E-state index contributed by atoms with van der Waals surface area (Å²) >= 11 is 0. The van der Waals surface area contributed by atoms with E-state index in [0.29, 0.717) is 37.7 Å². The van der Waals surface area contributed by atoms with Gasteiger partial charge in [-0.1, -0.05) is 51.0 Å². The lowest BCUT2D eigenvalue weighted by atomic mass is 9.92. The van der Waals surface area contributed by atoms with Crippen molar-refractivity contribution in [3.63, 3.8) is 0 Å². The molecule has 1 amide bonds. The average Bonchev–Trinajstić information content (AvgIpc) is 2.82. The van der Waals surface area contributed by atoms with Gasteiger partial charge in [-0.3, -0.25) is 14.7 Å². The Bertz CT molecular complexity index is 914. The van der Waals surface area contributed by atoms with Crippen LogP contribution in [0.3, 0.4) is 0 Å². The summed E-state index contributed by atoms with van der Waals surface area (Å²) in [5.74, 6) is 0.313. The van der Waals surface area contributed by atoms with Gasteiger partial charge in [-0.2, -0.15) is 0 Å². The van der Waals surface area contributed by atoms with Crippen LogP contribution in [-0.4, -0.2) is 60.1 Å². The largest absolute Gasteiger partial charge is 0.379 e. The van der Waals surface area contributed by atoms with Gasteiger partial charge in [0.1, 0.15) is 5.82 Å². The van der Waals surface area contributed by atoms with Crippen molar-refractivity contribution in [2.45, 2.75) is 59.0 Å². The molecule has 0 saturated carbocycles. The highest BCUT2D eigenvalue weighted by Gasteiger charge is 2.23. The number of morpholine rings is 1. The van der Waals surface area contributed by atoms with Crippen molar-refractivity contribution in [1.29, 1.82) is 0 Å². The van der Waals surface area contributed by atoms with Crippen molar-refractivity contribution < 1.29 is 13.9 Å². The summed E-state index contributed by atoms with van der Waals surface area (Å²) in [6.45, 7) is 10.2. The van der Waals surface area contributed by atoms with Gasteiger partial charge < -0.3 is 9.64 Å². The molecule has 1 aliphatic heterocycles. The third-order valence-corrected chi connectivity index (χ3v) is 6.86. The first kappa shape index (κ1) is 25.3. The van der Waals surface area contributed by atoms with E-state index in [0.717, 1.165) is 49.2 Å². The highest BCUT2D eigenvalue weighted by molar-refractivity contribution is 5.79. The fourth-order valence-corrected chi connectivity index (χ4v) is 4.61. The molecule has 1 aliphatic rings. The normalized spacial score (nSPS) is 16.4. The molecule has 1 saturated heterocycles. The predicted octanol–water partition coefficient (Wildman–Crippen LogP) is 4.94. The Kier molecular flexibility index (Phi) is 9.39. The van der Waals surface area contributed by atoms with Crippen molar-refractivity contribution in [1.82, 2.24) is 14.8 Å². The van der Waals surface area contributed by atoms with Crippen LogP contribution in [0.1, 0.15) is 51.3 Å². The maximum Gasteiger partial charge on any atom is 0.226 e. The number of benzene rings is 1. The van der Waals surface area contributed by atoms with E-state index < -0.39 is 0 Å². The number of rotatable bonds is 10. The van der Waals surface area contributed by atoms with Gasteiger partial charge in [0.15, 0.2) is 0 Å². The monoisotopic (exact) mass is 455 g/mol. The number of pyridine rings is 1. The lowest BCUT2D eigenvalue weighted by molar-refractivity contribution is -0.132. The van der Waals surface area contributed by atoms with Crippen LogP contribution in [0, 0.1) is 11.7 Å². The van der Waals surface area contributed by atoms with Crippen molar-refractivity contribution >= 4 is 5.91 Å². The van der Waals surface area contributed by atoms with Crippen LogP contribution in [0.2, 0.25) is 0 Å². The zero-order valence-electron chi connectivity index (χ0n) is 20.5. The smallest absolute Gasteiger partial charge is 0.226 e. The van der Waals surface area contributed by atoms with Crippen LogP contribution < -0.4 is 0 Å². The number of hydrogen-bond donors (Lipinski definition) is 0. The quantitative estimate of drug-likeness (QED) is 0.509. The lowest BCUT2D eigenvalue weighted by Gasteiger charge is -2.31. The number of likely N-dealkylation sites (N-methyl/N-ethyl adjacent to an activating group) is 1. The van der Waals surface area contributed by atoms with Crippen molar-refractivity contribution in [3.8, 4) is 11.1 Å². The van der Waals surface area contributed by atoms with Gasteiger partial charge in [0.05, 0.1) is 25.3 Å². The van der Waals surface area contributed by atoms with E-state index in [1.54, 1.807) is 6.20 Å². The summed E-state index contributed by atoms with van der Waals surface area (Å²) in [6.07, 6.45) is 5.23. The zero-order chi connectivity index (χ0) is 23.8. The molecule has 2 atom stereocenters. The minimum Gasteiger partial charge on any atom is -0.379 e. The molecule has 0 bridgehead atoms. The molecule has 0 radical (unpaired) electrons. The molecule has 3 rings (SSSR count). The molecular weight excluding hydrogens is 417 g/mol. The first-order valence-electron chi connectivity index (χ1n) is 12.2. The van der Waals surface area contributed by atoms with Gasteiger partial charge in [-0.25, -0.2) is 4.39 Å². The Morgan fingerprint density at radius 2 is 2.00 bits per heavy atom. The number of hydrogen-bond acceptors (Lipinski definition) is 4. The number of nitrogens with zero attached hydrogens (tertiary/aromatic N) is 3. The maximum atomic E-state index is 15.0. The second-order valence-corrected chi connectivity index (χ2v) is 9.12. The molecule has 1 aromatic heterocycles. The summed E-state index contributed by atoms with van der Waals surface area (Å²) in [7, 11) is 1.89. The van der Waals surface area contributed by atoms with Gasteiger partial charge in [-0.05, 0) is 36.5 Å². The van der Waals surface area contributed by atoms with Crippen LogP contribution in [0.5, 0.6) is 0 Å². The molecular formula is C27H38FN3O2. The number of halogens is 1. The third-order valence-electron chi connectivity index (χ3n) is 6.86. The van der Waals surface area contributed by atoms with E-state index in [1.165, 1.54) is 6.07 Å². The predicted molar refractivity (Wildman–Crippen MR) is 130 cm³/mol. The van der Waals surface area contributed by atoms with Gasteiger partial charge in [0.2, 0.25) is 5.91 Å². The number of amides is 1. The molecule has 2 heterocycles. The highest BCUT2D eigenvalue weighted by atomic mass is 19.1. The standard InChI is InChI=1S/C27H38FN3O2/c1-5-8-22(6-2)20(3)30(4)27(32)16-21-9-7-10-23(15-21)25-18-29-24(17-26(25)28)19-31-11-13-33-14-12-31/h7,9-10,15,17-18,20,22H,5-6,8,11-14,16,19H2,1-4H3. The van der Waals surface area contributed by atoms with Crippen molar-refractivity contribution in [2.24, 2.45) is 5.92 Å². The topological polar surface area (TPSA) is 45.7 Å². The average molecular weight is 456 g/mol. The Hall–Kier alpha value is -2.31. The Labute approximate surface area is 198 Å². The van der Waals surface area contributed by atoms with Crippen molar-refractivity contribution in [3.05, 3.63) is 53.6 Å². The molecule has 0 aliphatic carbocycles. The van der Waals surface area contributed by atoms with Gasteiger partial charge in [0, 0.05) is 44.5 Å². The molecule has 1 fully saturated rings. The summed E-state index contributed by atoms with van der Waals surface area (Å²) in [5.41, 5.74) is 2.82. The van der Waals surface area contributed by atoms with Gasteiger partial charge in [0.25, 0.3) is 0 Å². The minimum absolute atomic E-state index is 0.0914. The minimum atomic E-state index is -0.284. The third kappa shape index (κ3) is 6.84. The molecule has 5 nitrogen and oxygen atoms in total. The first-order valence-corrected chi connectivity index (χ1v) is 12.2.